The lowest BCUT2D eigenvalue weighted by atomic mass is 10.1. The second-order valence-corrected chi connectivity index (χ2v) is 6.13. The van der Waals surface area contributed by atoms with Crippen LogP contribution in [-0.4, -0.2) is 55.2 Å². The number of aromatic nitrogens is 1. The van der Waals surface area contributed by atoms with Gasteiger partial charge in [0.15, 0.2) is 5.76 Å². The van der Waals surface area contributed by atoms with E-state index < -0.39 is 0 Å². The first-order chi connectivity index (χ1) is 12.3. The van der Waals surface area contributed by atoms with E-state index in [-0.39, 0.29) is 23.4 Å². The third-order valence-corrected chi connectivity index (χ3v) is 4.60. The van der Waals surface area contributed by atoms with Crippen LogP contribution < -0.4 is 4.90 Å². The number of rotatable bonds is 3. The zero-order valence-electron chi connectivity index (χ0n) is 13.7. The van der Waals surface area contributed by atoms with E-state index >= 15 is 0 Å². The Hall–Kier alpha value is -2.79. The summed E-state index contributed by atoms with van der Waals surface area (Å²) < 4.78 is 16.3. The molecule has 2 aromatic rings. The topological polar surface area (TPSA) is 95.7 Å². The van der Waals surface area contributed by atoms with Gasteiger partial charge in [-0.05, 0) is 18.6 Å². The maximum absolute atomic E-state index is 12.5. The van der Waals surface area contributed by atoms with Gasteiger partial charge in [-0.3, -0.25) is 4.79 Å². The number of amides is 1. The summed E-state index contributed by atoms with van der Waals surface area (Å²) in [6, 6.07) is 5.54. The van der Waals surface area contributed by atoms with Crippen LogP contribution in [0, 0.1) is 17.2 Å². The molecule has 8 heteroatoms. The number of hydrogen-bond acceptors (Lipinski definition) is 7. The summed E-state index contributed by atoms with van der Waals surface area (Å²) in [5.74, 6) is 1.35. The number of piperazine rings is 1. The van der Waals surface area contributed by atoms with Crippen molar-refractivity contribution in [3.05, 3.63) is 24.1 Å². The summed E-state index contributed by atoms with van der Waals surface area (Å²) >= 11 is 0. The highest BCUT2D eigenvalue weighted by molar-refractivity contribution is 5.79. The SMILES string of the molecule is N#Cc1nc(-c2ccco2)oc1N1CCN(C(=O)[C@H]2CCOC2)CC1. The number of carbonyl (C=O) groups excluding carboxylic acids is 1. The summed E-state index contributed by atoms with van der Waals surface area (Å²) in [5.41, 5.74) is 0.232. The predicted octanol–water partition coefficient (Wildman–Crippen LogP) is 1.49. The number of furan rings is 1. The summed E-state index contributed by atoms with van der Waals surface area (Å²) in [6.07, 6.45) is 2.33. The van der Waals surface area contributed by atoms with Gasteiger partial charge in [0.1, 0.15) is 6.07 Å². The highest BCUT2D eigenvalue weighted by atomic mass is 16.5. The Morgan fingerprint density at radius 3 is 2.80 bits per heavy atom. The van der Waals surface area contributed by atoms with Gasteiger partial charge in [0.05, 0.1) is 18.8 Å². The lowest BCUT2D eigenvalue weighted by Crippen LogP contribution is -2.50. The fourth-order valence-corrected chi connectivity index (χ4v) is 3.22. The number of carbonyl (C=O) groups is 1. The van der Waals surface area contributed by atoms with Gasteiger partial charge in [-0.25, -0.2) is 0 Å². The maximum Gasteiger partial charge on any atom is 0.266 e. The standard InChI is InChI=1S/C17H18N4O4/c18-10-13-17(25-15(19-13)14-2-1-8-24-14)21-6-4-20(5-7-21)16(22)12-3-9-23-11-12/h1-2,8,12H,3-7,9,11H2/t12-/m0/s1. The van der Waals surface area contributed by atoms with E-state index in [0.717, 1.165) is 6.42 Å². The van der Waals surface area contributed by atoms with Gasteiger partial charge in [-0.1, -0.05) is 0 Å². The number of nitriles is 1. The van der Waals surface area contributed by atoms with Crippen LogP contribution >= 0.6 is 0 Å². The molecule has 1 atom stereocenters. The van der Waals surface area contributed by atoms with Crippen LogP contribution in [-0.2, 0) is 9.53 Å². The van der Waals surface area contributed by atoms with Gasteiger partial charge >= 0.3 is 0 Å². The molecule has 1 amide bonds. The number of hydrogen-bond donors (Lipinski definition) is 0. The first-order valence-electron chi connectivity index (χ1n) is 8.32. The van der Waals surface area contributed by atoms with Crippen molar-refractivity contribution in [2.24, 2.45) is 5.92 Å². The predicted molar refractivity (Wildman–Crippen MR) is 86.6 cm³/mol. The average Bonchev–Trinajstić information content (AvgIpc) is 3.42. The third-order valence-electron chi connectivity index (χ3n) is 4.60. The van der Waals surface area contributed by atoms with Crippen LogP contribution in [0.15, 0.2) is 27.2 Å². The minimum atomic E-state index is -0.0166. The summed E-state index contributed by atoms with van der Waals surface area (Å²) in [5, 5.41) is 9.34. The molecular formula is C17H18N4O4. The number of nitrogens with zero attached hydrogens (tertiary/aromatic N) is 4. The minimum absolute atomic E-state index is 0.0166. The lowest BCUT2D eigenvalue weighted by Gasteiger charge is -2.35. The molecule has 2 fully saturated rings. The van der Waals surface area contributed by atoms with Gasteiger partial charge in [-0.2, -0.15) is 10.2 Å². The van der Waals surface area contributed by atoms with E-state index in [1.165, 1.54) is 6.26 Å². The fourth-order valence-electron chi connectivity index (χ4n) is 3.22. The molecule has 8 nitrogen and oxygen atoms in total. The number of anilines is 1. The molecule has 2 aromatic heterocycles. The van der Waals surface area contributed by atoms with Crippen molar-refractivity contribution in [1.29, 1.82) is 5.26 Å². The molecule has 130 valence electrons. The van der Waals surface area contributed by atoms with Gasteiger partial charge in [0.25, 0.3) is 5.89 Å². The number of oxazole rings is 1. The average molecular weight is 342 g/mol. The van der Waals surface area contributed by atoms with Crippen molar-refractivity contribution in [3.8, 4) is 17.7 Å². The second kappa shape index (κ2) is 6.61. The maximum atomic E-state index is 12.5. The van der Waals surface area contributed by atoms with E-state index in [1.807, 2.05) is 9.80 Å². The molecule has 0 N–H and O–H groups in total. The molecule has 0 aliphatic carbocycles. The smallest absolute Gasteiger partial charge is 0.266 e. The molecule has 2 aliphatic rings. The largest absolute Gasteiger partial charge is 0.459 e. The Kier molecular flexibility index (Phi) is 4.15. The summed E-state index contributed by atoms with van der Waals surface area (Å²) in [7, 11) is 0. The molecule has 2 saturated heterocycles. The zero-order valence-corrected chi connectivity index (χ0v) is 13.7. The van der Waals surface area contributed by atoms with E-state index in [2.05, 4.69) is 11.1 Å². The van der Waals surface area contributed by atoms with Crippen LogP contribution in [0.1, 0.15) is 12.1 Å². The summed E-state index contributed by atoms with van der Waals surface area (Å²) in [6.45, 7) is 3.57. The lowest BCUT2D eigenvalue weighted by molar-refractivity contribution is -0.135. The normalized spacial score (nSPS) is 20.7. The van der Waals surface area contributed by atoms with E-state index in [0.29, 0.717) is 51.0 Å². The quantitative estimate of drug-likeness (QED) is 0.834. The van der Waals surface area contributed by atoms with Crippen molar-refractivity contribution in [3.63, 3.8) is 0 Å². The monoisotopic (exact) mass is 342 g/mol. The van der Waals surface area contributed by atoms with Gasteiger partial charge < -0.3 is 23.4 Å². The Morgan fingerprint density at radius 2 is 2.16 bits per heavy atom. The number of ether oxygens (including phenoxy) is 1. The van der Waals surface area contributed by atoms with E-state index in [1.54, 1.807) is 12.1 Å². The van der Waals surface area contributed by atoms with Gasteiger partial charge in [0, 0.05) is 32.8 Å². The van der Waals surface area contributed by atoms with Crippen molar-refractivity contribution < 1.29 is 18.4 Å². The third kappa shape index (κ3) is 2.98. The fraction of sp³-hybridized carbons (Fsp3) is 0.471. The van der Waals surface area contributed by atoms with Crippen LogP contribution in [0.3, 0.4) is 0 Å². The van der Waals surface area contributed by atoms with E-state index in [4.69, 9.17) is 13.6 Å². The molecule has 25 heavy (non-hydrogen) atoms. The molecule has 0 bridgehead atoms. The van der Waals surface area contributed by atoms with Crippen LogP contribution in [0.5, 0.6) is 0 Å². The Labute approximate surface area is 144 Å². The molecule has 2 aliphatic heterocycles. The van der Waals surface area contributed by atoms with Gasteiger partial charge in [0.2, 0.25) is 17.5 Å². The van der Waals surface area contributed by atoms with Crippen molar-refractivity contribution in [1.82, 2.24) is 9.88 Å². The molecule has 0 unspecified atom stereocenters. The van der Waals surface area contributed by atoms with Gasteiger partial charge in [-0.15, -0.1) is 0 Å². The highest BCUT2D eigenvalue weighted by Gasteiger charge is 2.31. The highest BCUT2D eigenvalue weighted by Crippen LogP contribution is 2.29. The van der Waals surface area contributed by atoms with Crippen LogP contribution in [0.2, 0.25) is 0 Å². The molecule has 0 aromatic carbocycles. The van der Waals surface area contributed by atoms with E-state index in [9.17, 15) is 10.1 Å². The summed E-state index contributed by atoms with van der Waals surface area (Å²) in [4.78, 5) is 20.5. The Bertz CT molecular complexity index is 778. The van der Waals surface area contributed by atoms with Crippen LogP contribution in [0.4, 0.5) is 5.88 Å². The van der Waals surface area contributed by atoms with Crippen molar-refractivity contribution in [2.45, 2.75) is 6.42 Å². The molecular weight excluding hydrogens is 324 g/mol. The first-order valence-corrected chi connectivity index (χ1v) is 8.32. The van der Waals surface area contributed by atoms with Crippen molar-refractivity contribution >= 4 is 11.8 Å². The van der Waals surface area contributed by atoms with Crippen molar-refractivity contribution in [2.75, 3.05) is 44.3 Å². The first kappa shape index (κ1) is 15.7. The molecule has 0 spiro atoms. The molecule has 0 radical (unpaired) electrons. The second-order valence-electron chi connectivity index (χ2n) is 6.13. The minimum Gasteiger partial charge on any atom is -0.459 e. The molecule has 4 rings (SSSR count). The Morgan fingerprint density at radius 1 is 1.32 bits per heavy atom. The van der Waals surface area contributed by atoms with Crippen LogP contribution in [0.25, 0.3) is 11.7 Å². The zero-order chi connectivity index (χ0) is 17.2. The molecule has 4 heterocycles. The molecule has 0 saturated carbocycles. The Balaban J connectivity index is 1.45.